The summed E-state index contributed by atoms with van der Waals surface area (Å²) in [5.41, 5.74) is 3.97. The van der Waals surface area contributed by atoms with E-state index in [-0.39, 0.29) is 5.91 Å². The van der Waals surface area contributed by atoms with Crippen molar-refractivity contribution < 1.29 is 13.2 Å². The molecule has 1 heterocycles. The summed E-state index contributed by atoms with van der Waals surface area (Å²) in [6.45, 7) is 4.46. The number of amides is 1. The number of carbonyl (C=O) groups is 1. The Kier molecular flexibility index (Phi) is 6.69. The van der Waals surface area contributed by atoms with Gasteiger partial charge in [0, 0.05) is 50.9 Å². The second kappa shape index (κ2) is 9.65. The smallest absolute Gasteiger partial charge is 0.243 e. The molecule has 1 aliphatic heterocycles. The molecule has 6 nitrogen and oxygen atoms in total. The Balaban J connectivity index is 1.49. The molecular weight excluding hydrogens is 422 g/mol. The third-order valence-corrected chi connectivity index (χ3v) is 7.56. The summed E-state index contributed by atoms with van der Waals surface area (Å²) >= 11 is 0. The van der Waals surface area contributed by atoms with Gasteiger partial charge in [0.15, 0.2) is 0 Å². The third-order valence-electron chi connectivity index (χ3n) is 5.65. The number of nitrogens with one attached hydrogen (secondary N) is 1. The highest BCUT2D eigenvalue weighted by Crippen LogP contribution is 2.31. The molecule has 166 valence electrons. The second-order valence-electron chi connectivity index (χ2n) is 7.88. The number of hydrogen-bond donors (Lipinski definition) is 1. The van der Waals surface area contributed by atoms with Crippen LogP contribution in [-0.4, -0.2) is 49.7 Å². The maximum atomic E-state index is 12.9. The summed E-state index contributed by atoms with van der Waals surface area (Å²) in [5.74, 6) is -0.106. The van der Waals surface area contributed by atoms with Crippen molar-refractivity contribution in [3.63, 3.8) is 0 Å². The van der Waals surface area contributed by atoms with E-state index in [0.29, 0.717) is 37.6 Å². The highest BCUT2D eigenvalue weighted by atomic mass is 32.2. The van der Waals surface area contributed by atoms with Gasteiger partial charge in [-0.2, -0.15) is 4.31 Å². The van der Waals surface area contributed by atoms with Gasteiger partial charge < -0.3 is 5.32 Å². The zero-order valence-electron chi connectivity index (χ0n) is 18.1. The fourth-order valence-electron chi connectivity index (χ4n) is 4.05. The van der Waals surface area contributed by atoms with Gasteiger partial charge in [-0.25, -0.2) is 8.42 Å². The molecule has 0 aromatic heterocycles. The van der Waals surface area contributed by atoms with Gasteiger partial charge in [-0.15, -0.1) is 0 Å². The standard InChI is InChI=1S/C25H27N3O3S/c1-20(29)26-25-14-8-7-13-24(25)23-12-6-5-9-21(23)19-27-15-17-28(18-16-27)32(30,31)22-10-3-2-4-11-22/h2-14H,15-19H2,1H3,(H,26,29). The fourth-order valence-corrected chi connectivity index (χ4v) is 5.49. The summed E-state index contributed by atoms with van der Waals surface area (Å²) in [4.78, 5) is 14.3. The zero-order valence-corrected chi connectivity index (χ0v) is 18.9. The molecule has 7 heteroatoms. The Labute approximate surface area is 189 Å². The van der Waals surface area contributed by atoms with Gasteiger partial charge in [0.25, 0.3) is 0 Å². The number of anilines is 1. The van der Waals surface area contributed by atoms with Crippen molar-refractivity contribution >= 4 is 21.6 Å². The van der Waals surface area contributed by atoms with Crippen molar-refractivity contribution in [3.8, 4) is 11.1 Å². The number of para-hydroxylation sites is 1. The number of nitrogens with zero attached hydrogens (tertiary/aromatic N) is 2. The van der Waals surface area contributed by atoms with Gasteiger partial charge in [-0.3, -0.25) is 9.69 Å². The molecule has 4 rings (SSSR count). The van der Waals surface area contributed by atoms with Gasteiger partial charge >= 0.3 is 0 Å². The first-order valence-electron chi connectivity index (χ1n) is 10.7. The Morgan fingerprint density at radius 2 is 1.41 bits per heavy atom. The Morgan fingerprint density at radius 3 is 2.09 bits per heavy atom. The first kappa shape index (κ1) is 22.2. The SMILES string of the molecule is CC(=O)Nc1ccccc1-c1ccccc1CN1CCN(S(=O)(=O)c2ccccc2)CC1. The molecule has 3 aromatic rings. The largest absolute Gasteiger partial charge is 0.326 e. The van der Waals surface area contributed by atoms with E-state index in [1.807, 2.05) is 42.5 Å². The molecule has 0 unspecified atom stereocenters. The Hall–Kier alpha value is -3.00. The van der Waals surface area contributed by atoms with Crippen molar-refractivity contribution in [2.75, 3.05) is 31.5 Å². The first-order valence-corrected chi connectivity index (χ1v) is 12.1. The normalized spacial score (nSPS) is 15.4. The second-order valence-corrected chi connectivity index (χ2v) is 9.82. The summed E-state index contributed by atoms with van der Waals surface area (Å²) in [5, 5.41) is 2.91. The van der Waals surface area contributed by atoms with Crippen molar-refractivity contribution in [1.29, 1.82) is 0 Å². The van der Waals surface area contributed by atoms with Gasteiger partial charge in [-0.1, -0.05) is 60.7 Å². The minimum atomic E-state index is -3.46. The van der Waals surface area contributed by atoms with E-state index in [1.165, 1.54) is 6.92 Å². The number of sulfonamides is 1. The minimum Gasteiger partial charge on any atom is -0.326 e. The van der Waals surface area contributed by atoms with E-state index in [4.69, 9.17) is 0 Å². The van der Waals surface area contributed by atoms with E-state index in [0.717, 1.165) is 22.4 Å². The van der Waals surface area contributed by atoms with Crippen LogP contribution in [-0.2, 0) is 21.4 Å². The van der Waals surface area contributed by atoms with E-state index in [9.17, 15) is 13.2 Å². The number of carbonyl (C=O) groups excluding carboxylic acids is 1. The van der Waals surface area contributed by atoms with Crippen LogP contribution in [0.1, 0.15) is 12.5 Å². The van der Waals surface area contributed by atoms with Gasteiger partial charge in [-0.05, 0) is 29.3 Å². The maximum absolute atomic E-state index is 12.9. The molecule has 1 saturated heterocycles. The quantitative estimate of drug-likeness (QED) is 0.621. The van der Waals surface area contributed by atoms with Crippen molar-refractivity contribution in [3.05, 3.63) is 84.4 Å². The van der Waals surface area contributed by atoms with Crippen LogP contribution in [0.4, 0.5) is 5.69 Å². The number of hydrogen-bond acceptors (Lipinski definition) is 4. The van der Waals surface area contributed by atoms with E-state index in [2.05, 4.69) is 22.3 Å². The van der Waals surface area contributed by atoms with Gasteiger partial charge in [0.05, 0.1) is 4.90 Å². The van der Waals surface area contributed by atoms with Crippen LogP contribution >= 0.6 is 0 Å². The molecular formula is C25H27N3O3S. The summed E-state index contributed by atoms with van der Waals surface area (Å²) < 4.78 is 27.3. The molecule has 32 heavy (non-hydrogen) atoms. The predicted octanol–water partition coefficient (Wildman–Crippen LogP) is 3.82. The van der Waals surface area contributed by atoms with Crippen LogP contribution in [0.2, 0.25) is 0 Å². The molecule has 1 N–H and O–H groups in total. The Morgan fingerprint density at radius 1 is 0.812 bits per heavy atom. The third kappa shape index (κ3) is 4.91. The van der Waals surface area contributed by atoms with Crippen molar-refractivity contribution in [2.24, 2.45) is 0 Å². The molecule has 0 radical (unpaired) electrons. The van der Waals surface area contributed by atoms with Crippen LogP contribution in [0.3, 0.4) is 0 Å². The molecule has 0 atom stereocenters. The van der Waals surface area contributed by atoms with Crippen LogP contribution in [0.5, 0.6) is 0 Å². The lowest BCUT2D eigenvalue weighted by molar-refractivity contribution is -0.114. The van der Waals surface area contributed by atoms with Gasteiger partial charge in [0.2, 0.25) is 15.9 Å². The Bertz CT molecular complexity index is 1190. The lowest BCUT2D eigenvalue weighted by Gasteiger charge is -2.34. The zero-order chi connectivity index (χ0) is 22.6. The average Bonchev–Trinajstić information content (AvgIpc) is 2.80. The van der Waals surface area contributed by atoms with Crippen LogP contribution in [0, 0.1) is 0 Å². The predicted molar refractivity (Wildman–Crippen MR) is 127 cm³/mol. The number of rotatable bonds is 6. The fraction of sp³-hybridized carbons (Fsp3) is 0.240. The van der Waals surface area contributed by atoms with Gasteiger partial charge in [0.1, 0.15) is 0 Å². The molecule has 0 bridgehead atoms. The lowest BCUT2D eigenvalue weighted by atomic mass is 9.97. The topological polar surface area (TPSA) is 69.7 Å². The molecule has 0 saturated carbocycles. The van der Waals surface area contributed by atoms with Crippen LogP contribution in [0.15, 0.2) is 83.8 Å². The molecule has 1 aliphatic rings. The average molecular weight is 450 g/mol. The van der Waals surface area contributed by atoms with Crippen molar-refractivity contribution in [1.82, 2.24) is 9.21 Å². The molecule has 3 aromatic carbocycles. The van der Waals surface area contributed by atoms with E-state index >= 15 is 0 Å². The highest BCUT2D eigenvalue weighted by molar-refractivity contribution is 7.89. The minimum absolute atomic E-state index is 0.106. The molecule has 1 amide bonds. The van der Waals surface area contributed by atoms with E-state index in [1.54, 1.807) is 28.6 Å². The van der Waals surface area contributed by atoms with Crippen LogP contribution < -0.4 is 5.32 Å². The monoisotopic (exact) mass is 449 g/mol. The maximum Gasteiger partial charge on any atom is 0.243 e. The molecule has 0 spiro atoms. The molecule has 1 fully saturated rings. The van der Waals surface area contributed by atoms with Crippen LogP contribution in [0.25, 0.3) is 11.1 Å². The first-order chi connectivity index (χ1) is 15.4. The lowest BCUT2D eigenvalue weighted by Crippen LogP contribution is -2.48. The van der Waals surface area contributed by atoms with E-state index < -0.39 is 10.0 Å². The number of benzene rings is 3. The summed E-state index contributed by atoms with van der Waals surface area (Å²) in [6, 6.07) is 24.5. The summed E-state index contributed by atoms with van der Waals surface area (Å²) in [6.07, 6.45) is 0. The summed E-state index contributed by atoms with van der Waals surface area (Å²) in [7, 11) is -3.46. The highest BCUT2D eigenvalue weighted by Gasteiger charge is 2.28. The number of piperazine rings is 1. The molecule has 0 aliphatic carbocycles. The van der Waals surface area contributed by atoms with Crippen molar-refractivity contribution in [2.45, 2.75) is 18.4 Å².